The molecular formula is C16H12N2O6S2. The number of carboxylic acid groups (broad SMARTS) is 1. The van der Waals surface area contributed by atoms with Crippen LogP contribution in [0.1, 0.15) is 10.4 Å². The van der Waals surface area contributed by atoms with E-state index in [9.17, 15) is 23.4 Å². The summed E-state index contributed by atoms with van der Waals surface area (Å²) in [5.74, 6) is -1.67. The molecule has 1 heterocycles. The number of carbonyl (C=O) groups is 1. The Labute approximate surface area is 152 Å². The first-order chi connectivity index (χ1) is 12.3. The minimum Gasteiger partial charge on any atom is -0.508 e. The molecule has 4 N–H and O–H groups in total. The van der Waals surface area contributed by atoms with E-state index in [1.807, 2.05) is 0 Å². The van der Waals surface area contributed by atoms with Crippen molar-refractivity contribution in [2.75, 3.05) is 4.72 Å². The number of hydrogen-bond donors (Lipinski definition) is 4. The van der Waals surface area contributed by atoms with E-state index in [1.54, 1.807) is 12.1 Å². The number of anilines is 1. The molecule has 8 nitrogen and oxygen atoms in total. The number of phenolic OH excluding ortho intramolecular Hbond substituents is 2. The molecule has 0 unspecified atom stereocenters. The number of thiazole rings is 1. The Kier molecular flexibility index (Phi) is 4.53. The van der Waals surface area contributed by atoms with E-state index in [1.165, 1.54) is 23.6 Å². The van der Waals surface area contributed by atoms with Gasteiger partial charge >= 0.3 is 5.97 Å². The Balaban J connectivity index is 1.87. The van der Waals surface area contributed by atoms with Gasteiger partial charge in [0.05, 0.1) is 11.3 Å². The highest BCUT2D eigenvalue weighted by atomic mass is 32.2. The van der Waals surface area contributed by atoms with E-state index in [0.29, 0.717) is 10.6 Å². The van der Waals surface area contributed by atoms with Crippen LogP contribution in [0.2, 0.25) is 0 Å². The zero-order valence-electron chi connectivity index (χ0n) is 12.9. The third-order valence-electron chi connectivity index (χ3n) is 3.36. The van der Waals surface area contributed by atoms with Gasteiger partial charge in [0, 0.05) is 10.9 Å². The number of sulfonamides is 1. The van der Waals surface area contributed by atoms with Gasteiger partial charge in [0.1, 0.15) is 16.5 Å². The monoisotopic (exact) mass is 392 g/mol. The second kappa shape index (κ2) is 6.65. The summed E-state index contributed by atoms with van der Waals surface area (Å²) in [5.41, 5.74) is 0.311. The topological polar surface area (TPSA) is 137 Å². The van der Waals surface area contributed by atoms with Gasteiger partial charge in [-0.25, -0.2) is 9.78 Å². The number of aromatic carboxylic acids is 1. The highest BCUT2D eigenvalue weighted by Gasteiger charge is 2.21. The number of nitrogens with one attached hydrogen (secondary N) is 1. The van der Waals surface area contributed by atoms with Gasteiger partial charge in [-0.2, -0.15) is 8.42 Å². The van der Waals surface area contributed by atoms with Crippen molar-refractivity contribution in [1.82, 2.24) is 4.98 Å². The first-order valence-corrected chi connectivity index (χ1v) is 9.46. The fraction of sp³-hybridized carbons (Fsp3) is 0. The molecule has 26 heavy (non-hydrogen) atoms. The lowest BCUT2D eigenvalue weighted by Gasteiger charge is -2.08. The number of phenols is 2. The molecular weight excluding hydrogens is 380 g/mol. The lowest BCUT2D eigenvalue weighted by atomic mass is 10.2. The summed E-state index contributed by atoms with van der Waals surface area (Å²) in [5, 5.41) is 29.5. The Morgan fingerprint density at radius 2 is 1.77 bits per heavy atom. The smallest absolute Gasteiger partial charge is 0.335 e. The maximum Gasteiger partial charge on any atom is 0.335 e. The van der Waals surface area contributed by atoms with E-state index >= 15 is 0 Å². The van der Waals surface area contributed by atoms with Gasteiger partial charge in [0.15, 0.2) is 5.03 Å². The first kappa shape index (κ1) is 17.7. The van der Waals surface area contributed by atoms with Crippen LogP contribution in [-0.4, -0.2) is 34.7 Å². The van der Waals surface area contributed by atoms with E-state index in [2.05, 4.69) is 9.71 Å². The van der Waals surface area contributed by atoms with Crippen molar-refractivity contribution in [2.24, 2.45) is 0 Å². The number of nitrogens with zero attached hydrogens (tertiary/aromatic N) is 1. The summed E-state index contributed by atoms with van der Waals surface area (Å²) in [7, 11) is -4.07. The summed E-state index contributed by atoms with van der Waals surface area (Å²) in [6.45, 7) is 0. The Bertz CT molecular complexity index is 1070. The number of rotatable bonds is 5. The molecule has 10 heteroatoms. The number of hydrogen-bond acceptors (Lipinski definition) is 7. The molecule has 0 aliphatic heterocycles. The standard InChI is InChI=1S/C16H12N2O6S2/c19-11-4-1-9(2-5-11)15-17-14(8-25-15)26(23,24)18-12-6-3-10(16(21)22)7-13(12)20/h1-8,18-20H,(H,21,22). The van der Waals surface area contributed by atoms with Gasteiger partial charge in [0.2, 0.25) is 0 Å². The Hall–Kier alpha value is -3.11. The van der Waals surface area contributed by atoms with E-state index in [-0.39, 0.29) is 22.0 Å². The summed E-state index contributed by atoms with van der Waals surface area (Å²) < 4.78 is 27.1. The Morgan fingerprint density at radius 1 is 1.08 bits per heavy atom. The van der Waals surface area contributed by atoms with Crippen molar-refractivity contribution in [1.29, 1.82) is 0 Å². The normalized spacial score (nSPS) is 11.2. The summed E-state index contributed by atoms with van der Waals surface area (Å²) in [6, 6.07) is 9.41. The largest absolute Gasteiger partial charge is 0.508 e. The van der Waals surface area contributed by atoms with Crippen molar-refractivity contribution in [3.8, 4) is 22.1 Å². The molecule has 0 aliphatic rings. The molecule has 2 aromatic carbocycles. The maximum absolute atomic E-state index is 12.4. The van der Waals surface area contributed by atoms with Crippen LogP contribution in [-0.2, 0) is 10.0 Å². The molecule has 0 saturated carbocycles. The third-order valence-corrected chi connectivity index (χ3v) is 5.65. The zero-order chi connectivity index (χ0) is 18.9. The molecule has 3 aromatic rings. The van der Waals surface area contributed by atoms with E-state index in [4.69, 9.17) is 5.11 Å². The summed E-state index contributed by atoms with van der Waals surface area (Å²) in [6.07, 6.45) is 0. The number of carboxylic acids is 1. The maximum atomic E-state index is 12.4. The highest BCUT2D eigenvalue weighted by Crippen LogP contribution is 2.30. The lowest BCUT2D eigenvalue weighted by Crippen LogP contribution is -2.13. The first-order valence-electron chi connectivity index (χ1n) is 7.10. The quantitative estimate of drug-likeness (QED) is 0.490. The number of aromatic hydroxyl groups is 2. The summed E-state index contributed by atoms with van der Waals surface area (Å²) in [4.78, 5) is 14.9. The average molecular weight is 392 g/mol. The van der Waals surface area contributed by atoms with Gasteiger partial charge in [-0.15, -0.1) is 11.3 Å². The SMILES string of the molecule is O=C(O)c1ccc(NS(=O)(=O)c2csc(-c3ccc(O)cc3)n2)c(O)c1. The van der Waals surface area contributed by atoms with E-state index in [0.717, 1.165) is 23.5 Å². The number of benzene rings is 2. The van der Waals surface area contributed by atoms with Crippen LogP contribution in [0.4, 0.5) is 5.69 Å². The Morgan fingerprint density at radius 3 is 2.38 bits per heavy atom. The van der Waals surface area contributed by atoms with Crippen molar-refractivity contribution < 1.29 is 28.5 Å². The molecule has 0 bridgehead atoms. The molecule has 0 spiro atoms. The molecule has 0 saturated heterocycles. The van der Waals surface area contributed by atoms with Gasteiger partial charge in [-0.3, -0.25) is 4.72 Å². The van der Waals surface area contributed by atoms with Gasteiger partial charge in [-0.05, 0) is 42.5 Å². The average Bonchev–Trinajstić information content (AvgIpc) is 3.08. The van der Waals surface area contributed by atoms with Crippen LogP contribution in [0.5, 0.6) is 11.5 Å². The van der Waals surface area contributed by atoms with Crippen LogP contribution in [0, 0.1) is 0 Å². The van der Waals surface area contributed by atoms with Gasteiger partial charge in [0.25, 0.3) is 10.0 Å². The third kappa shape index (κ3) is 3.60. The van der Waals surface area contributed by atoms with Crippen molar-refractivity contribution >= 4 is 33.0 Å². The minimum atomic E-state index is -4.07. The fourth-order valence-corrected chi connectivity index (χ4v) is 4.24. The second-order valence-electron chi connectivity index (χ2n) is 5.18. The predicted molar refractivity (Wildman–Crippen MR) is 95.1 cm³/mol. The molecule has 0 fully saturated rings. The molecule has 0 radical (unpaired) electrons. The van der Waals surface area contributed by atoms with Crippen LogP contribution in [0.3, 0.4) is 0 Å². The van der Waals surface area contributed by atoms with E-state index < -0.39 is 21.7 Å². The van der Waals surface area contributed by atoms with Crippen LogP contribution in [0.15, 0.2) is 52.9 Å². The fourth-order valence-electron chi connectivity index (χ4n) is 2.07. The molecule has 134 valence electrons. The van der Waals surface area contributed by atoms with Crippen molar-refractivity contribution in [3.05, 3.63) is 53.4 Å². The predicted octanol–water partition coefficient (Wildman–Crippen LogP) is 2.72. The molecule has 0 atom stereocenters. The second-order valence-corrected chi connectivity index (χ2v) is 7.67. The molecule has 0 aliphatic carbocycles. The van der Waals surface area contributed by atoms with Crippen molar-refractivity contribution in [3.63, 3.8) is 0 Å². The van der Waals surface area contributed by atoms with Crippen LogP contribution >= 0.6 is 11.3 Å². The van der Waals surface area contributed by atoms with Crippen molar-refractivity contribution in [2.45, 2.75) is 5.03 Å². The van der Waals surface area contributed by atoms with Gasteiger partial charge < -0.3 is 15.3 Å². The molecule has 1 aromatic heterocycles. The van der Waals surface area contributed by atoms with Crippen LogP contribution < -0.4 is 4.72 Å². The molecule has 3 rings (SSSR count). The van der Waals surface area contributed by atoms with Gasteiger partial charge in [-0.1, -0.05) is 0 Å². The highest BCUT2D eigenvalue weighted by molar-refractivity contribution is 7.92. The number of aromatic nitrogens is 1. The van der Waals surface area contributed by atoms with Crippen LogP contribution in [0.25, 0.3) is 10.6 Å². The minimum absolute atomic E-state index is 0.0834. The lowest BCUT2D eigenvalue weighted by molar-refractivity contribution is 0.0696. The molecule has 0 amide bonds. The summed E-state index contributed by atoms with van der Waals surface area (Å²) >= 11 is 1.10. The zero-order valence-corrected chi connectivity index (χ0v) is 14.6.